The number of hydrogen-bond acceptors (Lipinski definition) is 3. The van der Waals surface area contributed by atoms with Crippen molar-refractivity contribution in [3.8, 4) is 0 Å². The van der Waals surface area contributed by atoms with Crippen molar-refractivity contribution in [1.82, 2.24) is 4.98 Å². The van der Waals surface area contributed by atoms with E-state index in [0.717, 1.165) is 24.1 Å². The number of carbonyl (C=O) groups excluding carboxylic acids is 1. The van der Waals surface area contributed by atoms with Crippen LogP contribution in [-0.2, 0) is 6.54 Å². The highest BCUT2D eigenvalue weighted by molar-refractivity contribution is 7.80. The van der Waals surface area contributed by atoms with E-state index in [4.69, 9.17) is 0 Å². The molecule has 3 nitrogen and oxygen atoms in total. The average Bonchev–Trinajstić information content (AvgIpc) is 2.53. The molecule has 22 heavy (non-hydrogen) atoms. The second kappa shape index (κ2) is 8.49. The van der Waals surface area contributed by atoms with Crippen LogP contribution in [0.2, 0.25) is 0 Å². The first-order valence-electron chi connectivity index (χ1n) is 7.43. The predicted molar refractivity (Wildman–Crippen MR) is 91.9 cm³/mol. The van der Waals surface area contributed by atoms with Gasteiger partial charge in [0.1, 0.15) is 0 Å². The Morgan fingerprint density at radius 1 is 1.36 bits per heavy atom. The zero-order valence-corrected chi connectivity index (χ0v) is 13.6. The molecule has 1 heterocycles. The van der Waals surface area contributed by atoms with E-state index >= 15 is 0 Å². The number of thiol groups is 1. The summed E-state index contributed by atoms with van der Waals surface area (Å²) in [5.41, 5.74) is 1.66. The van der Waals surface area contributed by atoms with Crippen LogP contribution in [0.5, 0.6) is 0 Å². The maximum absolute atomic E-state index is 12.3. The highest BCUT2D eigenvalue weighted by atomic mass is 32.1. The molecule has 0 aliphatic heterocycles. The Kier molecular flexibility index (Phi) is 6.34. The van der Waals surface area contributed by atoms with E-state index < -0.39 is 0 Å². The summed E-state index contributed by atoms with van der Waals surface area (Å²) in [6.45, 7) is 2.40. The second-order valence-electron chi connectivity index (χ2n) is 5.25. The minimum absolute atomic E-state index is 0.0930. The molecule has 2 rings (SSSR count). The lowest BCUT2D eigenvalue weighted by molar-refractivity contribution is -0.685. The molecule has 114 valence electrons. The van der Waals surface area contributed by atoms with Crippen LogP contribution in [0.15, 0.2) is 55.0 Å². The van der Waals surface area contributed by atoms with Crippen LogP contribution >= 0.6 is 12.6 Å². The van der Waals surface area contributed by atoms with E-state index in [9.17, 15) is 4.79 Å². The van der Waals surface area contributed by atoms with E-state index in [1.54, 1.807) is 12.4 Å². The molecule has 1 unspecified atom stereocenters. The Labute approximate surface area is 137 Å². The monoisotopic (exact) mass is 313 g/mol. The molecule has 0 fully saturated rings. The smallest absolute Gasteiger partial charge is 0.227 e. The topological polar surface area (TPSA) is 33.8 Å². The maximum atomic E-state index is 12.3. The number of ketones is 1. The van der Waals surface area contributed by atoms with Gasteiger partial charge in [-0.1, -0.05) is 43.3 Å². The van der Waals surface area contributed by atoms with Crippen molar-refractivity contribution < 1.29 is 9.36 Å². The van der Waals surface area contributed by atoms with Gasteiger partial charge in [0, 0.05) is 11.6 Å². The van der Waals surface area contributed by atoms with Crippen LogP contribution < -0.4 is 4.57 Å². The van der Waals surface area contributed by atoms with E-state index in [2.05, 4.69) is 30.6 Å². The molecule has 4 heteroatoms. The quantitative estimate of drug-likeness (QED) is 0.483. The molecule has 1 atom stereocenters. The maximum Gasteiger partial charge on any atom is 0.227 e. The number of carbonyl (C=O) groups is 1. The summed E-state index contributed by atoms with van der Waals surface area (Å²) in [5, 5.41) is 0.394. The van der Waals surface area contributed by atoms with Crippen LogP contribution in [0.3, 0.4) is 0 Å². The summed E-state index contributed by atoms with van der Waals surface area (Å²) >= 11 is 4.37. The molecule has 0 amide bonds. The van der Waals surface area contributed by atoms with E-state index in [1.165, 1.54) is 0 Å². The molecule has 0 aliphatic carbocycles. The van der Waals surface area contributed by atoms with Gasteiger partial charge in [0.05, 0.1) is 12.4 Å². The van der Waals surface area contributed by atoms with Crippen LogP contribution in [-0.4, -0.2) is 16.0 Å². The van der Waals surface area contributed by atoms with Gasteiger partial charge in [0.25, 0.3) is 0 Å². The van der Waals surface area contributed by atoms with Gasteiger partial charge in [0.15, 0.2) is 6.20 Å². The Morgan fingerprint density at radius 2 is 2.14 bits per heavy atom. The molecule has 0 N–H and O–H groups in total. The largest absolute Gasteiger partial charge is 0.287 e. The summed E-state index contributed by atoms with van der Waals surface area (Å²) in [6, 6.07) is 9.35. The molecule has 0 radical (unpaired) electrons. The summed E-state index contributed by atoms with van der Waals surface area (Å²) in [6.07, 6.45) is 11.4. The Morgan fingerprint density at radius 3 is 2.86 bits per heavy atom. The molecular formula is C18H21N2OS+. The third-order valence-electron chi connectivity index (χ3n) is 3.32. The fraction of sp³-hybridized carbons (Fsp3) is 0.278. The minimum atomic E-state index is 0.0930. The fourth-order valence-corrected chi connectivity index (χ4v) is 2.24. The van der Waals surface area contributed by atoms with E-state index in [-0.39, 0.29) is 5.78 Å². The molecular weight excluding hydrogens is 292 g/mol. The van der Waals surface area contributed by atoms with Gasteiger partial charge in [-0.25, -0.2) is 0 Å². The molecule has 0 bridgehead atoms. The number of allylic oxidation sites excluding steroid dienone is 1. The molecule has 1 aromatic heterocycles. The first-order valence-corrected chi connectivity index (χ1v) is 7.95. The normalized spacial score (nSPS) is 12.5. The zero-order chi connectivity index (χ0) is 15.8. The van der Waals surface area contributed by atoms with Gasteiger partial charge in [-0.3, -0.25) is 9.78 Å². The molecule has 0 saturated carbocycles. The average molecular weight is 313 g/mol. The molecule has 0 saturated heterocycles. The van der Waals surface area contributed by atoms with E-state index in [0.29, 0.717) is 11.8 Å². The van der Waals surface area contributed by atoms with Crippen LogP contribution in [0.1, 0.15) is 35.8 Å². The number of benzene rings is 1. The van der Waals surface area contributed by atoms with Crippen molar-refractivity contribution in [3.05, 3.63) is 66.3 Å². The third-order valence-corrected chi connectivity index (χ3v) is 3.58. The summed E-state index contributed by atoms with van der Waals surface area (Å²) in [4.78, 5) is 16.5. The Balaban J connectivity index is 2.07. The molecule has 2 aromatic rings. The van der Waals surface area contributed by atoms with Gasteiger partial charge < -0.3 is 0 Å². The van der Waals surface area contributed by atoms with Gasteiger partial charge in [-0.15, -0.1) is 0 Å². The van der Waals surface area contributed by atoms with Crippen LogP contribution in [0.25, 0.3) is 6.08 Å². The lowest BCUT2D eigenvalue weighted by Crippen LogP contribution is -2.40. The first-order chi connectivity index (χ1) is 10.7. The first kappa shape index (κ1) is 16.4. The van der Waals surface area contributed by atoms with Crippen molar-refractivity contribution in [2.24, 2.45) is 0 Å². The Hall–Kier alpha value is -1.94. The lowest BCUT2D eigenvalue weighted by Gasteiger charge is -2.01. The Bertz CT molecular complexity index is 639. The summed E-state index contributed by atoms with van der Waals surface area (Å²) in [7, 11) is 0. The summed E-state index contributed by atoms with van der Waals surface area (Å²) < 4.78 is 1.92. The minimum Gasteiger partial charge on any atom is -0.287 e. The van der Waals surface area contributed by atoms with Crippen LogP contribution in [0.4, 0.5) is 0 Å². The second-order valence-corrected chi connectivity index (χ2v) is 6.13. The van der Waals surface area contributed by atoms with Crippen molar-refractivity contribution in [3.63, 3.8) is 0 Å². The van der Waals surface area contributed by atoms with Gasteiger partial charge >= 0.3 is 0 Å². The molecule has 0 spiro atoms. The van der Waals surface area contributed by atoms with Crippen molar-refractivity contribution in [2.75, 3.05) is 0 Å². The predicted octanol–water partition coefficient (Wildman–Crippen LogP) is 3.36. The van der Waals surface area contributed by atoms with Crippen molar-refractivity contribution in [2.45, 2.75) is 31.6 Å². The zero-order valence-electron chi connectivity index (χ0n) is 12.7. The van der Waals surface area contributed by atoms with Crippen molar-refractivity contribution in [1.29, 1.82) is 0 Å². The highest BCUT2D eigenvalue weighted by Crippen LogP contribution is 2.05. The van der Waals surface area contributed by atoms with Gasteiger partial charge in [-0.05, 0) is 18.1 Å². The SMILES string of the molecule is CC(S)CCC=Cc1cncc[n+]1CC(=O)c1ccccc1. The fourth-order valence-electron chi connectivity index (χ4n) is 2.09. The standard InChI is InChI=1S/C18H20N2OS/c1-15(22)7-5-6-10-17-13-19-11-12-20(17)14-18(21)16-8-3-2-4-9-16/h2-4,6,8-13,15H,5,7,14H2,1H3/p+1. The van der Waals surface area contributed by atoms with Crippen molar-refractivity contribution >= 4 is 24.5 Å². The molecule has 1 aromatic carbocycles. The lowest BCUT2D eigenvalue weighted by atomic mass is 10.1. The number of rotatable bonds is 7. The van der Waals surface area contributed by atoms with Crippen LogP contribution in [0, 0.1) is 0 Å². The van der Waals surface area contributed by atoms with Gasteiger partial charge in [0.2, 0.25) is 18.0 Å². The number of nitrogens with zero attached hydrogens (tertiary/aromatic N) is 2. The highest BCUT2D eigenvalue weighted by Gasteiger charge is 2.14. The summed E-state index contributed by atoms with van der Waals surface area (Å²) in [5.74, 6) is 0.0930. The molecule has 0 aliphatic rings. The number of aromatic nitrogens is 2. The number of Topliss-reactive ketones (excluding diaryl/α,β-unsaturated/α-hetero) is 1. The number of hydrogen-bond donors (Lipinski definition) is 1. The third kappa shape index (κ3) is 5.11. The van der Waals surface area contributed by atoms with Gasteiger partial charge in [-0.2, -0.15) is 17.2 Å². The van der Waals surface area contributed by atoms with E-state index in [1.807, 2.05) is 47.2 Å².